The number of aliphatic hydroxyl groups is 1. The minimum Gasteiger partial charge on any atom is -0.394 e. The highest BCUT2D eigenvalue weighted by atomic mass is 16.5. The van der Waals surface area contributed by atoms with Crippen LogP contribution in [0.25, 0.3) is 0 Å². The highest BCUT2D eigenvalue weighted by molar-refractivity contribution is 5.89. The Hall–Kier alpha value is -0.650. The minimum atomic E-state index is -0.863. The van der Waals surface area contributed by atoms with Crippen LogP contribution >= 0.6 is 0 Å². The van der Waals surface area contributed by atoms with Crippen LogP contribution < -0.4 is 5.73 Å². The Morgan fingerprint density at radius 3 is 2.70 bits per heavy atom. The molecule has 5 heteroatoms. The van der Waals surface area contributed by atoms with Gasteiger partial charge in [0.25, 0.3) is 0 Å². The molecule has 0 spiro atoms. The van der Waals surface area contributed by atoms with Crippen molar-refractivity contribution in [2.45, 2.75) is 64.1 Å². The molecule has 20 heavy (non-hydrogen) atoms. The molecule has 5 nitrogen and oxygen atoms in total. The fourth-order valence-corrected chi connectivity index (χ4v) is 3.51. The van der Waals surface area contributed by atoms with Gasteiger partial charge in [-0.2, -0.15) is 0 Å². The molecule has 1 amide bonds. The van der Waals surface area contributed by atoms with Gasteiger partial charge in [0.2, 0.25) is 5.91 Å². The average molecular weight is 284 g/mol. The third-order valence-electron chi connectivity index (χ3n) is 5.31. The third-order valence-corrected chi connectivity index (χ3v) is 5.31. The SMILES string of the molecule is CCOC1CC(N)(C(=O)N2CCCCC2CO)C1(C)C. The predicted molar refractivity (Wildman–Crippen MR) is 77.2 cm³/mol. The molecule has 1 saturated carbocycles. The van der Waals surface area contributed by atoms with Gasteiger partial charge in [0, 0.05) is 25.0 Å². The van der Waals surface area contributed by atoms with Crippen LogP contribution in [0.3, 0.4) is 0 Å². The number of rotatable bonds is 4. The molecule has 0 aromatic heterocycles. The Morgan fingerprint density at radius 2 is 2.15 bits per heavy atom. The summed E-state index contributed by atoms with van der Waals surface area (Å²) in [6.07, 6.45) is 3.54. The van der Waals surface area contributed by atoms with Gasteiger partial charge in [-0.3, -0.25) is 4.79 Å². The lowest BCUT2D eigenvalue weighted by Gasteiger charge is -2.59. The summed E-state index contributed by atoms with van der Waals surface area (Å²) in [6, 6.07) is -0.0707. The number of amides is 1. The number of piperidine rings is 1. The first-order valence-corrected chi connectivity index (χ1v) is 7.71. The van der Waals surface area contributed by atoms with Crippen molar-refractivity contribution in [3.05, 3.63) is 0 Å². The number of hydrogen-bond acceptors (Lipinski definition) is 4. The summed E-state index contributed by atoms with van der Waals surface area (Å²) < 4.78 is 5.68. The second-order valence-electron chi connectivity index (χ2n) is 6.67. The lowest BCUT2D eigenvalue weighted by atomic mass is 9.54. The number of nitrogens with zero attached hydrogens (tertiary/aromatic N) is 1. The maximum absolute atomic E-state index is 12.9. The zero-order chi connectivity index (χ0) is 15.0. The quantitative estimate of drug-likeness (QED) is 0.804. The molecule has 0 radical (unpaired) electrons. The van der Waals surface area contributed by atoms with Crippen LogP contribution in [-0.2, 0) is 9.53 Å². The van der Waals surface area contributed by atoms with Crippen molar-refractivity contribution in [3.8, 4) is 0 Å². The maximum atomic E-state index is 12.9. The second-order valence-corrected chi connectivity index (χ2v) is 6.67. The summed E-state index contributed by atoms with van der Waals surface area (Å²) in [5.74, 6) is -0.0165. The van der Waals surface area contributed by atoms with Crippen LogP contribution in [0.15, 0.2) is 0 Å². The zero-order valence-electron chi connectivity index (χ0n) is 12.9. The molecule has 1 heterocycles. The molecular formula is C15H28N2O3. The standard InChI is InChI=1S/C15H28N2O3/c1-4-20-12-9-15(16,14(12,2)3)13(19)17-8-6-5-7-11(17)10-18/h11-12,18H,4-10,16H2,1-3H3. The van der Waals surface area contributed by atoms with E-state index in [2.05, 4.69) is 0 Å². The van der Waals surface area contributed by atoms with E-state index in [9.17, 15) is 9.90 Å². The third kappa shape index (κ3) is 2.26. The predicted octanol–water partition coefficient (Wildman–Crippen LogP) is 0.892. The molecule has 0 aromatic carbocycles. The van der Waals surface area contributed by atoms with Crippen molar-refractivity contribution in [2.75, 3.05) is 19.8 Å². The Labute approximate surface area is 121 Å². The van der Waals surface area contributed by atoms with Crippen LogP contribution in [0.1, 0.15) is 46.5 Å². The first-order valence-electron chi connectivity index (χ1n) is 7.71. The van der Waals surface area contributed by atoms with E-state index < -0.39 is 5.54 Å². The summed E-state index contributed by atoms with van der Waals surface area (Å²) >= 11 is 0. The molecule has 2 fully saturated rings. The van der Waals surface area contributed by atoms with Gasteiger partial charge in [-0.1, -0.05) is 13.8 Å². The molecule has 3 unspecified atom stereocenters. The summed E-state index contributed by atoms with van der Waals surface area (Å²) in [7, 11) is 0. The fourth-order valence-electron chi connectivity index (χ4n) is 3.51. The van der Waals surface area contributed by atoms with Crippen LogP contribution in [0.4, 0.5) is 0 Å². The van der Waals surface area contributed by atoms with E-state index in [0.29, 0.717) is 19.6 Å². The highest BCUT2D eigenvalue weighted by Crippen LogP contribution is 2.51. The molecule has 116 valence electrons. The van der Waals surface area contributed by atoms with E-state index >= 15 is 0 Å². The number of ether oxygens (including phenoxy) is 1. The van der Waals surface area contributed by atoms with Crippen molar-refractivity contribution < 1.29 is 14.6 Å². The van der Waals surface area contributed by atoms with Crippen LogP contribution in [0.2, 0.25) is 0 Å². The van der Waals surface area contributed by atoms with Gasteiger partial charge in [-0.25, -0.2) is 0 Å². The van der Waals surface area contributed by atoms with Crippen molar-refractivity contribution in [1.82, 2.24) is 4.90 Å². The Bertz CT molecular complexity index is 372. The highest BCUT2D eigenvalue weighted by Gasteiger charge is 2.64. The normalized spacial score (nSPS) is 36.5. The molecule has 2 aliphatic rings. The molecule has 1 saturated heterocycles. The largest absolute Gasteiger partial charge is 0.394 e. The van der Waals surface area contributed by atoms with Gasteiger partial charge in [0.15, 0.2) is 0 Å². The van der Waals surface area contributed by atoms with Gasteiger partial charge in [0.05, 0.1) is 18.8 Å². The molecule has 3 N–H and O–H groups in total. The van der Waals surface area contributed by atoms with Gasteiger partial charge in [-0.15, -0.1) is 0 Å². The minimum absolute atomic E-state index is 0.0165. The lowest BCUT2D eigenvalue weighted by Crippen LogP contribution is -2.76. The molecule has 2 rings (SSSR count). The first kappa shape index (κ1) is 15.7. The molecular weight excluding hydrogens is 256 g/mol. The Morgan fingerprint density at radius 1 is 1.45 bits per heavy atom. The van der Waals surface area contributed by atoms with Crippen LogP contribution in [-0.4, -0.2) is 53.4 Å². The average Bonchev–Trinajstić information content (AvgIpc) is 2.45. The van der Waals surface area contributed by atoms with E-state index in [4.69, 9.17) is 10.5 Å². The van der Waals surface area contributed by atoms with Crippen LogP contribution in [0.5, 0.6) is 0 Å². The Kier molecular flexibility index (Phi) is 4.42. The van der Waals surface area contributed by atoms with Gasteiger partial charge < -0.3 is 20.5 Å². The second kappa shape index (κ2) is 5.62. The number of hydrogen-bond donors (Lipinski definition) is 2. The Balaban J connectivity index is 2.12. The van der Waals surface area contributed by atoms with E-state index in [1.807, 2.05) is 20.8 Å². The fraction of sp³-hybridized carbons (Fsp3) is 0.933. The molecule has 3 atom stereocenters. The molecule has 1 aliphatic carbocycles. The number of carbonyl (C=O) groups excluding carboxylic acids is 1. The lowest BCUT2D eigenvalue weighted by molar-refractivity contribution is -0.182. The summed E-state index contributed by atoms with van der Waals surface area (Å²) in [5.41, 5.74) is 5.21. The molecule has 0 bridgehead atoms. The number of aliphatic hydroxyl groups excluding tert-OH is 1. The summed E-state index contributed by atoms with van der Waals surface area (Å²) in [5, 5.41) is 9.47. The van der Waals surface area contributed by atoms with Crippen molar-refractivity contribution in [1.29, 1.82) is 0 Å². The van der Waals surface area contributed by atoms with Crippen molar-refractivity contribution >= 4 is 5.91 Å². The van der Waals surface area contributed by atoms with Crippen molar-refractivity contribution in [2.24, 2.45) is 11.1 Å². The van der Waals surface area contributed by atoms with E-state index in [1.54, 1.807) is 4.90 Å². The monoisotopic (exact) mass is 284 g/mol. The number of likely N-dealkylation sites (tertiary alicyclic amines) is 1. The smallest absolute Gasteiger partial charge is 0.243 e. The van der Waals surface area contributed by atoms with Gasteiger partial charge in [-0.05, 0) is 26.2 Å². The van der Waals surface area contributed by atoms with Crippen molar-refractivity contribution in [3.63, 3.8) is 0 Å². The maximum Gasteiger partial charge on any atom is 0.243 e. The van der Waals surface area contributed by atoms with E-state index in [1.165, 1.54) is 0 Å². The van der Waals surface area contributed by atoms with E-state index in [0.717, 1.165) is 19.3 Å². The van der Waals surface area contributed by atoms with E-state index in [-0.39, 0.29) is 30.1 Å². The molecule has 0 aromatic rings. The summed E-state index contributed by atoms with van der Waals surface area (Å²) in [6.45, 7) is 7.34. The van der Waals surface area contributed by atoms with Gasteiger partial charge >= 0.3 is 0 Å². The zero-order valence-corrected chi connectivity index (χ0v) is 12.9. The number of nitrogens with two attached hydrogens (primary N) is 1. The topological polar surface area (TPSA) is 75.8 Å². The summed E-state index contributed by atoms with van der Waals surface area (Å²) in [4.78, 5) is 14.7. The molecule has 1 aliphatic heterocycles. The van der Waals surface area contributed by atoms with Gasteiger partial charge in [0.1, 0.15) is 5.54 Å². The first-order chi connectivity index (χ1) is 9.38. The number of carbonyl (C=O) groups is 1. The van der Waals surface area contributed by atoms with Crippen LogP contribution in [0, 0.1) is 5.41 Å².